The molecule has 4 rings (SSSR count). The van der Waals surface area contributed by atoms with Crippen LogP contribution in [-0.2, 0) is 11.3 Å². The molecule has 0 atom stereocenters. The molecule has 12 heteroatoms. The molecule has 0 amide bonds. The third-order valence-corrected chi connectivity index (χ3v) is 4.50. The number of allylic oxidation sites excluding steroid dienone is 1. The molecule has 0 fully saturated rings. The molecule has 2 aromatic carbocycles. The summed E-state index contributed by atoms with van der Waals surface area (Å²) in [7, 11) is 0. The Hall–Kier alpha value is -4.48. The van der Waals surface area contributed by atoms with Gasteiger partial charge in [-0.15, -0.1) is 5.10 Å². The second-order valence-corrected chi connectivity index (χ2v) is 6.60. The van der Waals surface area contributed by atoms with Crippen LogP contribution < -0.4 is 0 Å². The zero-order chi connectivity index (χ0) is 22.7. The predicted octanol–water partition coefficient (Wildman–Crippen LogP) is 3.61. The van der Waals surface area contributed by atoms with Gasteiger partial charge in [-0.05, 0) is 31.2 Å². The van der Waals surface area contributed by atoms with Crippen molar-refractivity contribution in [2.24, 2.45) is 0 Å². The molecule has 0 aliphatic carbocycles. The molecule has 0 unspecified atom stereocenters. The van der Waals surface area contributed by atoms with Crippen molar-refractivity contribution >= 4 is 17.1 Å². The van der Waals surface area contributed by atoms with Crippen molar-refractivity contribution in [2.75, 3.05) is 0 Å². The number of halogens is 2. The van der Waals surface area contributed by atoms with Gasteiger partial charge >= 0.3 is 0 Å². The van der Waals surface area contributed by atoms with Gasteiger partial charge < -0.3 is 4.74 Å². The highest BCUT2D eigenvalue weighted by atomic mass is 19.1. The molecule has 0 bridgehead atoms. The maximum Gasteiger partial charge on any atom is 0.269 e. The van der Waals surface area contributed by atoms with Crippen LogP contribution in [0.15, 0.2) is 61.3 Å². The lowest BCUT2D eigenvalue weighted by Crippen LogP contribution is -2.04. The Morgan fingerprint density at radius 2 is 1.97 bits per heavy atom. The largest absolute Gasteiger partial charge is 0.485 e. The summed E-state index contributed by atoms with van der Waals surface area (Å²) in [5.41, 5.74) is 1.40. The third-order valence-electron chi connectivity index (χ3n) is 4.50. The fourth-order valence-electron chi connectivity index (χ4n) is 2.90. The summed E-state index contributed by atoms with van der Waals surface area (Å²) in [5, 5.41) is 22.8. The molecule has 10 nitrogen and oxygen atoms in total. The van der Waals surface area contributed by atoms with E-state index in [9.17, 15) is 18.9 Å². The SMILES string of the molecule is C/C(=C(/OCc1cn(-c2ccc([N+](=O)[O-])cc2)nn1)c1ccc(F)cc1F)n1cncn1. The number of nitrogens with zero attached hydrogens (tertiary/aromatic N) is 7. The highest BCUT2D eigenvalue weighted by Crippen LogP contribution is 2.27. The first-order chi connectivity index (χ1) is 15.4. The number of non-ortho nitro benzene ring substituents is 1. The fourth-order valence-corrected chi connectivity index (χ4v) is 2.90. The highest BCUT2D eigenvalue weighted by Gasteiger charge is 2.17. The van der Waals surface area contributed by atoms with E-state index < -0.39 is 16.6 Å². The van der Waals surface area contributed by atoms with Crippen molar-refractivity contribution in [3.8, 4) is 5.69 Å². The Morgan fingerprint density at radius 1 is 1.19 bits per heavy atom. The molecule has 32 heavy (non-hydrogen) atoms. The summed E-state index contributed by atoms with van der Waals surface area (Å²) < 4.78 is 36.5. The van der Waals surface area contributed by atoms with Gasteiger partial charge in [0.25, 0.3) is 5.69 Å². The molecule has 0 saturated carbocycles. The van der Waals surface area contributed by atoms with Gasteiger partial charge in [0.05, 0.1) is 28.1 Å². The van der Waals surface area contributed by atoms with Crippen molar-refractivity contribution in [1.82, 2.24) is 29.8 Å². The van der Waals surface area contributed by atoms with Crippen molar-refractivity contribution in [3.05, 3.63) is 94.3 Å². The van der Waals surface area contributed by atoms with Crippen LogP contribution in [0.4, 0.5) is 14.5 Å². The predicted molar refractivity (Wildman–Crippen MR) is 108 cm³/mol. The number of aromatic nitrogens is 6. The van der Waals surface area contributed by atoms with Crippen LogP contribution >= 0.6 is 0 Å². The summed E-state index contributed by atoms with van der Waals surface area (Å²) >= 11 is 0. The van der Waals surface area contributed by atoms with E-state index in [1.54, 1.807) is 13.1 Å². The van der Waals surface area contributed by atoms with Gasteiger partial charge in [0, 0.05) is 18.2 Å². The summed E-state index contributed by atoms with van der Waals surface area (Å²) in [6.45, 7) is 1.58. The number of nitro benzene ring substituents is 1. The number of nitro groups is 1. The molecule has 0 radical (unpaired) electrons. The lowest BCUT2D eigenvalue weighted by molar-refractivity contribution is -0.384. The lowest BCUT2D eigenvalue weighted by Gasteiger charge is -2.14. The zero-order valence-electron chi connectivity index (χ0n) is 16.6. The van der Waals surface area contributed by atoms with E-state index in [0.717, 1.165) is 12.1 Å². The minimum absolute atomic E-state index is 0.0437. The van der Waals surface area contributed by atoms with Crippen LogP contribution in [0, 0.1) is 21.7 Å². The summed E-state index contributed by atoms with van der Waals surface area (Å²) in [4.78, 5) is 14.2. The molecule has 0 aliphatic rings. The zero-order valence-corrected chi connectivity index (χ0v) is 16.6. The topological polar surface area (TPSA) is 114 Å². The number of rotatable bonds is 7. The van der Waals surface area contributed by atoms with Gasteiger partial charge in [0.1, 0.15) is 36.6 Å². The summed E-state index contributed by atoms with van der Waals surface area (Å²) in [6.07, 6.45) is 4.31. The van der Waals surface area contributed by atoms with Crippen LogP contribution in [0.5, 0.6) is 0 Å². The first kappa shape index (κ1) is 20.8. The normalized spacial score (nSPS) is 11.8. The van der Waals surface area contributed by atoms with Gasteiger partial charge in [0.2, 0.25) is 0 Å². The highest BCUT2D eigenvalue weighted by molar-refractivity contribution is 5.77. The van der Waals surface area contributed by atoms with E-state index in [1.165, 1.54) is 52.4 Å². The minimum atomic E-state index is -0.797. The van der Waals surface area contributed by atoms with E-state index in [0.29, 0.717) is 17.1 Å². The maximum absolute atomic E-state index is 14.5. The summed E-state index contributed by atoms with van der Waals surface area (Å²) in [6, 6.07) is 8.93. The van der Waals surface area contributed by atoms with E-state index in [2.05, 4.69) is 20.4 Å². The average molecular weight is 439 g/mol. The number of hydrogen-bond donors (Lipinski definition) is 0. The van der Waals surface area contributed by atoms with Crippen LogP contribution in [0.3, 0.4) is 0 Å². The van der Waals surface area contributed by atoms with E-state index in [-0.39, 0.29) is 23.6 Å². The van der Waals surface area contributed by atoms with Crippen molar-refractivity contribution in [1.29, 1.82) is 0 Å². The van der Waals surface area contributed by atoms with E-state index >= 15 is 0 Å². The Bertz CT molecular complexity index is 1290. The second kappa shape index (κ2) is 8.71. The maximum atomic E-state index is 14.5. The van der Waals surface area contributed by atoms with Crippen LogP contribution in [0.2, 0.25) is 0 Å². The number of ether oxygens (including phenoxy) is 1. The quantitative estimate of drug-likeness (QED) is 0.245. The first-order valence-electron chi connectivity index (χ1n) is 9.22. The number of hydrogen-bond acceptors (Lipinski definition) is 7. The Morgan fingerprint density at radius 3 is 2.62 bits per heavy atom. The standard InChI is InChI=1S/C20H15F2N7O3/c1-13(28-12-23-11-24-28)20(18-7-2-14(21)8-19(18)22)32-10-15-9-27(26-25-15)16-3-5-17(6-4-16)29(30)31/h2-9,11-12H,10H2,1H3/b20-13-. The Kier molecular flexibility index (Phi) is 5.66. The van der Waals surface area contributed by atoms with Crippen molar-refractivity contribution < 1.29 is 18.4 Å². The molecule has 162 valence electrons. The minimum Gasteiger partial charge on any atom is -0.485 e. The molecule has 2 aromatic heterocycles. The van der Waals surface area contributed by atoms with Crippen LogP contribution in [0.1, 0.15) is 18.2 Å². The molecule has 0 saturated heterocycles. The molecular formula is C20H15F2N7O3. The molecule has 2 heterocycles. The van der Waals surface area contributed by atoms with Gasteiger partial charge in [-0.3, -0.25) is 10.1 Å². The molecule has 0 aliphatic heterocycles. The average Bonchev–Trinajstić information content (AvgIpc) is 3.47. The van der Waals surface area contributed by atoms with Crippen LogP contribution in [-0.4, -0.2) is 34.7 Å². The van der Waals surface area contributed by atoms with Crippen molar-refractivity contribution in [2.45, 2.75) is 13.5 Å². The number of benzene rings is 2. The van der Waals surface area contributed by atoms with Gasteiger partial charge in [0.15, 0.2) is 5.76 Å². The van der Waals surface area contributed by atoms with Crippen LogP contribution in [0.25, 0.3) is 17.1 Å². The Labute approximate surface area is 179 Å². The van der Waals surface area contributed by atoms with Crippen molar-refractivity contribution in [3.63, 3.8) is 0 Å². The van der Waals surface area contributed by atoms with Gasteiger partial charge in [-0.25, -0.2) is 23.1 Å². The lowest BCUT2D eigenvalue weighted by atomic mass is 10.1. The fraction of sp³-hybridized carbons (Fsp3) is 0.100. The first-order valence-corrected chi connectivity index (χ1v) is 9.22. The van der Waals surface area contributed by atoms with Gasteiger partial charge in [-0.1, -0.05) is 5.21 Å². The molecular weight excluding hydrogens is 424 g/mol. The van der Waals surface area contributed by atoms with E-state index in [1.807, 2.05) is 0 Å². The third kappa shape index (κ3) is 4.33. The summed E-state index contributed by atoms with van der Waals surface area (Å²) in [5.74, 6) is -1.39. The Balaban J connectivity index is 1.59. The molecule has 4 aromatic rings. The molecule has 0 spiro atoms. The van der Waals surface area contributed by atoms with Gasteiger partial charge in [-0.2, -0.15) is 5.10 Å². The van der Waals surface area contributed by atoms with E-state index in [4.69, 9.17) is 4.74 Å². The molecule has 0 N–H and O–H groups in total. The second-order valence-electron chi connectivity index (χ2n) is 6.60. The smallest absolute Gasteiger partial charge is 0.269 e. The monoisotopic (exact) mass is 439 g/mol.